The van der Waals surface area contributed by atoms with Gasteiger partial charge in [-0.15, -0.1) is 0 Å². The van der Waals surface area contributed by atoms with Gasteiger partial charge < -0.3 is 5.11 Å². The van der Waals surface area contributed by atoms with Crippen molar-refractivity contribution in [2.24, 2.45) is 10.2 Å². The van der Waals surface area contributed by atoms with Crippen molar-refractivity contribution in [3.05, 3.63) is 108 Å². The molecular weight excluding hydrogens is 540 g/mol. The Hall–Kier alpha value is -4.98. The first-order valence-corrected chi connectivity index (χ1v) is 10.6. The van der Waals surface area contributed by atoms with Crippen molar-refractivity contribution in [2.45, 2.75) is 0 Å². The highest BCUT2D eigenvalue weighted by molar-refractivity contribution is 9.10. The average molecular weight is 555 g/mol. The number of nitro groups is 2. The number of rotatable bonds is 8. The van der Waals surface area contributed by atoms with E-state index in [9.17, 15) is 34.9 Å². The van der Waals surface area contributed by atoms with E-state index in [4.69, 9.17) is 0 Å². The Morgan fingerprint density at radius 3 is 1.47 bits per heavy atom. The van der Waals surface area contributed by atoms with Crippen molar-refractivity contribution in [3.8, 4) is 5.75 Å². The molecule has 13 nitrogen and oxygen atoms in total. The van der Waals surface area contributed by atoms with Gasteiger partial charge in [-0.2, -0.15) is 10.2 Å². The van der Waals surface area contributed by atoms with Gasteiger partial charge in [0.25, 0.3) is 23.2 Å². The lowest BCUT2D eigenvalue weighted by molar-refractivity contribution is -0.385. The van der Waals surface area contributed by atoms with E-state index in [1.54, 1.807) is 0 Å². The Morgan fingerprint density at radius 2 is 1.14 bits per heavy atom. The minimum Gasteiger partial charge on any atom is -0.507 e. The van der Waals surface area contributed by atoms with Crippen LogP contribution in [-0.2, 0) is 0 Å². The maximum Gasteiger partial charge on any atom is 0.271 e. The summed E-state index contributed by atoms with van der Waals surface area (Å²) in [5.41, 5.74) is 4.88. The highest BCUT2D eigenvalue weighted by atomic mass is 79.9. The molecule has 3 N–H and O–H groups in total. The molecule has 36 heavy (non-hydrogen) atoms. The van der Waals surface area contributed by atoms with Crippen molar-refractivity contribution in [2.75, 3.05) is 0 Å². The van der Waals surface area contributed by atoms with Gasteiger partial charge >= 0.3 is 0 Å². The number of benzene rings is 3. The molecule has 0 bridgehead atoms. The van der Waals surface area contributed by atoms with E-state index >= 15 is 0 Å². The second-order valence-electron chi connectivity index (χ2n) is 6.94. The second-order valence-corrected chi connectivity index (χ2v) is 7.85. The summed E-state index contributed by atoms with van der Waals surface area (Å²) < 4.78 is 0.534. The zero-order valence-electron chi connectivity index (χ0n) is 18.0. The fourth-order valence-electron chi connectivity index (χ4n) is 2.76. The van der Waals surface area contributed by atoms with Crippen LogP contribution in [0.15, 0.2) is 75.3 Å². The van der Waals surface area contributed by atoms with Crippen molar-refractivity contribution >= 4 is 51.5 Å². The maximum atomic E-state index is 12.1. The van der Waals surface area contributed by atoms with Crippen LogP contribution in [0.2, 0.25) is 0 Å². The zero-order chi connectivity index (χ0) is 26.2. The number of nitrogens with one attached hydrogen (secondary N) is 2. The highest BCUT2D eigenvalue weighted by Crippen LogP contribution is 2.25. The number of halogens is 1. The summed E-state index contributed by atoms with van der Waals surface area (Å²) in [5.74, 6) is -1.49. The molecule has 0 spiro atoms. The van der Waals surface area contributed by atoms with E-state index in [1.807, 2.05) is 0 Å². The van der Waals surface area contributed by atoms with Gasteiger partial charge in [-0.3, -0.25) is 29.8 Å². The van der Waals surface area contributed by atoms with E-state index in [0.29, 0.717) is 4.47 Å². The standard InChI is InChI=1S/C22H15BrN6O7/c23-17-9-15(11-24-26-21(31)13-1-5-18(6-2-13)28(33)34)20(30)16(10-17)12-25-27-22(32)14-3-7-19(8-4-14)29(35)36/h1-12,30H,(H,26,31)(H,27,32)/b24-11+,25-12?. The SMILES string of the molecule is O=C(NN=Cc1cc(Br)cc(/C=N/NC(=O)c2ccc([N+](=O)[O-])cc2)c1O)c1ccc([N+](=O)[O-])cc1. The summed E-state index contributed by atoms with van der Waals surface area (Å²) in [4.78, 5) is 44.5. The number of nitro benzene ring substituents is 2. The number of hydrogen-bond acceptors (Lipinski definition) is 9. The molecule has 0 radical (unpaired) electrons. The van der Waals surface area contributed by atoms with Crippen LogP contribution in [0, 0.1) is 20.2 Å². The fraction of sp³-hybridized carbons (Fsp3) is 0. The Morgan fingerprint density at radius 1 is 0.778 bits per heavy atom. The molecule has 14 heteroatoms. The first-order chi connectivity index (χ1) is 17.2. The Kier molecular flexibility index (Phi) is 8.14. The van der Waals surface area contributed by atoms with Crippen LogP contribution in [0.4, 0.5) is 11.4 Å². The number of phenolic OH excluding ortho intramolecular Hbond substituents is 1. The van der Waals surface area contributed by atoms with Crippen LogP contribution in [0.5, 0.6) is 5.75 Å². The Bertz CT molecular complexity index is 1290. The minimum absolute atomic E-state index is 0.146. The largest absolute Gasteiger partial charge is 0.507 e. The van der Waals surface area contributed by atoms with E-state index in [2.05, 4.69) is 37.0 Å². The molecule has 0 atom stereocenters. The lowest BCUT2D eigenvalue weighted by Crippen LogP contribution is -2.17. The number of carbonyl (C=O) groups excluding carboxylic acids is 2. The third-order valence-electron chi connectivity index (χ3n) is 4.55. The number of amides is 2. The molecule has 0 aromatic heterocycles. The molecule has 0 fully saturated rings. The Labute approximate surface area is 210 Å². The van der Waals surface area contributed by atoms with Gasteiger partial charge in [-0.25, -0.2) is 10.9 Å². The molecule has 0 aliphatic carbocycles. The summed E-state index contributed by atoms with van der Waals surface area (Å²) in [5, 5.41) is 39.5. The molecule has 0 heterocycles. The zero-order valence-corrected chi connectivity index (χ0v) is 19.6. The van der Waals surface area contributed by atoms with Gasteiger partial charge in [-0.05, 0) is 36.4 Å². The summed E-state index contributed by atoms with van der Waals surface area (Å²) >= 11 is 3.28. The maximum absolute atomic E-state index is 12.1. The van der Waals surface area contributed by atoms with Gasteiger partial charge in [0, 0.05) is 51.0 Å². The molecule has 3 rings (SSSR count). The van der Waals surface area contributed by atoms with Crippen LogP contribution < -0.4 is 10.9 Å². The third-order valence-corrected chi connectivity index (χ3v) is 5.01. The van der Waals surface area contributed by atoms with Crippen molar-refractivity contribution < 1.29 is 24.5 Å². The number of phenols is 1. The second kappa shape index (κ2) is 11.4. The molecule has 3 aromatic rings. The molecule has 0 saturated heterocycles. The fourth-order valence-corrected chi connectivity index (χ4v) is 3.25. The smallest absolute Gasteiger partial charge is 0.271 e. The highest BCUT2D eigenvalue weighted by Gasteiger charge is 2.11. The van der Waals surface area contributed by atoms with Crippen LogP contribution in [0.25, 0.3) is 0 Å². The lowest BCUT2D eigenvalue weighted by Gasteiger charge is -2.05. The summed E-state index contributed by atoms with van der Waals surface area (Å²) in [6.45, 7) is 0. The third kappa shape index (κ3) is 6.54. The van der Waals surface area contributed by atoms with E-state index in [0.717, 1.165) is 0 Å². The van der Waals surface area contributed by atoms with Gasteiger partial charge in [0.2, 0.25) is 0 Å². The molecule has 0 aliphatic heterocycles. The number of non-ortho nitro benzene ring substituents is 2. The van der Waals surface area contributed by atoms with Crippen molar-refractivity contribution in [3.63, 3.8) is 0 Å². The van der Waals surface area contributed by atoms with Gasteiger partial charge in [0.15, 0.2) is 0 Å². The van der Waals surface area contributed by atoms with E-state index in [-0.39, 0.29) is 39.4 Å². The molecular formula is C22H15BrN6O7. The molecule has 182 valence electrons. The first-order valence-electron chi connectivity index (χ1n) is 9.84. The monoisotopic (exact) mass is 554 g/mol. The number of carbonyl (C=O) groups is 2. The van der Waals surface area contributed by atoms with Crippen molar-refractivity contribution in [1.29, 1.82) is 0 Å². The number of hydrogen-bond donors (Lipinski definition) is 3. The van der Waals surface area contributed by atoms with Crippen molar-refractivity contribution in [1.82, 2.24) is 10.9 Å². The number of hydrazone groups is 2. The predicted molar refractivity (Wildman–Crippen MR) is 132 cm³/mol. The van der Waals surface area contributed by atoms with Gasteiger partial charge in [-0.1, -0.05) is 15.9 Å². The predicted octanol–water partition coefficient (Wildman–Crippen LogP) is 3.50. The Balaban J connectivity index is 1.66. The van der Waals surface area contributed by atoms with Gasteiger partial charge in [0.05, 0.1) is 22.3 Å². The average Bonchev–Trinajstić information content (AvgIpc) is 2.86. The van der Waals surface area contributed by atoms with Gasteiger partial charge in [0.1, 0.15) is 5.75 Å². The van der Waals surface area contributed by atoms with E-state index in [1.165, 1.54) is 73.1 Å². The summed E-state index contributed by atoms with van der Waals surface area (Å²) in [7, 11) is 0. The van der Waals surface area contributed by atoms with Crippen LogP contribution in [0.3, 0.4) is 0 Å². The molecule has 0 aliphatic rings. The number of nitrogens with zero attached hydrogens (tertiary/aromatic N) is 4. The normalized spacial score (nSPS) is 10.9. The minimum atomic E-state index is -0.619. The quantitative estimate of drug-likeness (QED) is 0.215. The first kappa shape index (κ1) is 25.6. The molecule has 2 amide bonds. The molecule has 3 aromatic carbocycles. The molecule has 0 saturated carbocycles. The molecule has 0 unspecified atom stereocenters. The van der Waals surface area contributed by atoms with Crippen LogP contribution in [0.1, 0.15) is 31.8 Å². The lowest BCUT2D eigenvalue weighted by atomic mass is 10.1. The summed E-state index contributed by atoms with van der Waals surface area (Å²) in [6, 6.07) is 12.9. The van der Waals surface area contributed by atoms with Crippen LogP contribution in [-0.4, -0.2) is 39.2 Å². The number of aromatic hydroxyl groups is 1. The topological polar surface area (TPSA) is 189 Å². The summed E-state index contributed by atoms with van der Waals surface area (Å²) in [6.07, 6.45) is 2.35. The van der Waals surface area contributed by atoms with E-state index < -0.39 is 21.7 Å². The van der Waals surface area contributed by atoms with Crippen LogP contribution >= 0.6 is 15.9 Å².